The highest BCUT2D eigenvalue weighted by molar-refractivity contribution is 5.67. The molecule has 1 spiro atoms. The summed E-state index contributed by atoms with van der Waals surface area (Å²) in [5.41, 5.74) is 1.45. The van der Waals surface area contributed by atoms with Gasteiger partial charge in [0.2, 0.25) is 0 Å². The van der Waals surface area contributed by atoms with E-state index in [4.69, 9.17) is 15.9 Å². The summed E-state index contributed by atoms with van der Waals surface area (Å²) >= 11 is 0. The van der Waals surface area contributed by atoms with Crippen molar-refractivity contribution in [1.82, 2.24) is 5.32 Å². The summed E-state index contributed by atoms with van der Waals surface area (Å²) in [6, 6.07) is 0. The van der Waals surface area contributed by atoms with Gasteiger partial charge in [0.1, 0.15) is 0 Å². The molecule has 1 saturated heterocycles. The van der Waals surface area contributed by atoms with E-state index >= 15 is 0 Å². The van der Waals surface area contributed by atoms with Crippen molar-refractivity contribution in [2.75, 3.05) is 13.2 Å². The minimum absolute atomic E-state index is 0.163. The van der Waals surface area contributed by atoms with Crippen LogP contribution in [0.2, 0.25) is 0 Å². The number of amides is 1. The summed E-state index contributed by atoms with van der Waals surface area (Å²) in [6.07, 6.45) is 14.9. The molecule has 3 aliphatic rings. The molecule has 1 saturated carbocycles. The zero-order valence-electron chi connectivity index (χ0n) is 18.3. The molecule has 0 aromatic rings. The molecule has 4 nitrogen and oxygen atoms in total. The van der Waals surface area contributed by atoms with Crippen LogP contribution in [0.1, 0.15) is 79.6 Å². The van der Waals surface area contributed by atoms with Gasteiger partial charge in [-0.3, -0.25) is 0 Å². The fourth-order valence-corrected chi connectivity index (χ4v) is 6.45. The van der Waals surface area contributed by atoms with E-state index in [1.165, 1.54) is 24.8 Å². The summed E-state index contributed by atoms with van der Waals surface area (Å²) in [7, 11) is 0. The molecule has 1 heterocycles. The van der Waals surface area contributed by atoms with Gasteiger partial charge in [-0.25, -0.2) is 4.79 Å². The van der Waals surface area contributed by atoms with Crippen molar-refractivity contribution in [3.63, 3.8) is 0 Å². The average molecular weight is 388 g/mol. The Morgan fingerprint density at radius 2 is 2.04 bits per heavy atom. The van der Waals surface area contributed by atoms with Gasteiger partial charge in [-0.2, -0.15) is 0 Å². The maximum Gasteiger partial charge on any atom is 0.407 e. The fourth-order valence-electron chi connectivity index (χ4n) is 6.45. The van der Waals surface area contributed by atoms with E-state index in [1.807, 2.05) is 0 Å². The molecule has 1 amide bonds. The Kier molecular flexibility index (Phi) is 5.62. The number of rotatable bonds is 4. The van der Waals surface area contributed by atoms with Gasteiger partial charge >= 0.3 is 6.09 Å². The van der Waals surface area contributed by atoms with E-state index < -0.39 is 6.09 Å². The van der Waals surface area contributed by atoms with Crippen LogP contribution in [0.15, 0.2) is 11.6 Å². The van der Waals surface area contributed by atoms with Crippen LogP contribution in [0.4, 0.5) is 4.79 Å². The number of allylic oxidation sites excluding steroid dienone is 1. The standard InChI is InChI=1S/C24H37NO3/c1-7-16-25-20(26)27-17-15-22(5)13-14-24(28-22)18(2)9-10-19-21(3,4)11-8-12-23(19,24)6/h1,9,19H,8,10-17H2,2-6H3,(H,25,26)/t19-,22-,23-,24+/m0/s1. The van der Waals surface area contributed by atoms with Crippen molar-refractivity contribution in [3.8, 4) is 12.3 Å². The summed E-state index contributed by atoms with van der Waals surface area (Å²) in [5.74, 6) is 3.02. The van der Waals surface area contributed by atoms with E-state index in [9.17, 15) is 4.79 Å². The highest BCUT2D eigenvalue weighted by Crippen LogP contribution is 2.66. The van der Waals surface area contributed by atoms with Crippen LogP contribution < -0.4 is 5.32 Å². The molecule has 0 unspecified atom stereocenters. The first-order valence-corrected chi connectivity index (χ1v) is 10.8. The predicted octanol–water partition coefficient (Wildman–Crippen LogP) is 5.23. The first kappa shape index (κ1) is 21.2. The molecular formula is C24H37NO3. The molecule has 1 N–H and O–H groups in total. The van der Waals surface area contributed by atoms with E-state index in [1.54, 1.807) is 0 Å². The predicted molar refractivity (Wildman–Crippen MR) is 112 cm³/mol. The maximum absolute atomic E-state index is 11.7. The van der Waals surface area contributed by atoms with Crippen LogP contribution in [0.25, 0.3) is 0 Å². The number of carbonyl (C=O) groups excluding carboxylic acids is 1. The lowest BCUT2D eigenvalue weighted by molar-refractivity contribution is -0.191. The Labute approximate surface area is 170 Å². The minimum Gasteiger partial charge on any atom is -0.449 e. The summed E-state index contributed by atoms with van der Waals surface area (Å²) < 4.78 is 12.3. The van der Waals surface area contributed by atoms with E-state index in [0.29, 0.717) is 24.4 Å². The van der Waals surface area contributed by atoms with Gasteiger partial charge in [-0.05, 0) is 62.9 Å². The van der Waals surface area contributed by atoms with Crippen molar-refractivity contribution in [1.29, 1.82) is 0 Å². The number of nitrogens with one attached hydrogen (secondary N) is 1. The van der Waals surface area contributed by atoms with Crippen molar-refractivity contribution >= 4 is 6.09 Å². The monoisotopic (exact) mass is 387 g/mol. The van der Waals surface area contributed by atoms with Crippen LogP contribution in [-0.2, 0) is 9.47 Å². The van der Waals surface area contributed by atoms with Gasteiger partial charge in [0.05, 0.1) is 24.4 Å². The Bertz CT molecular complexity index is 690. The number of ether oxygens (including phenoxy) is 2. The van der Waals surface area contributed by atoms with E-state index in [2.05, 4.69) is 51.9 Å². The van der Waals surface area contributed by atoms with Crippen molar-refractivity contribution in [2.24, 2.45) is 16.7 Å². The summed E-state index contributed by atoms with van der Waals surface area (Å²) in [6.45, 7) is 12.3. The van der Waals surface area contributed by atoms with E-state index in [0.717, 1.165) is 19.3 Å². The van der Waals surface area contributed by atoms with Gasteiger partial charge in [0.25, 0.3) is 0 Å². The largest absolute Gasteiger partial charge is 0.449 e. The molecular weight excluding hydrogens is 350 g/mol. The van der Waals surface area contributed by atoms with Gasteiger partial charge in [-0.1, -0.05) is 39.2 Å². The quantitative estimate of drug-likeness (QED) is 0.531. The number of hydrogen-bond acceptors (Lipinski definition) is 3. The molecule has 0 radical (unpaired) electrons. The van der Waals surface area contributed by atoms with Crippen molar-refractivity contribution < 1.29 is 14.3 Å². The van der Waals surface area contributed by atoms with Gasteiger partial charge < -0.3 is 14.8 Å². The number of carbonyl (C=O) groups is 1. The van der Waals surface area contributed by atoms with Crippen LogP contribution >= 0.6 is 0 Å². The lowest BCUT2D eigenvalue weighted by Crippen LogP contribution is -2.59. The Hall–Kier alpha value is -1.47. The smallest absolute Gasteiger partial charge is 0.407 e. The van der Waals surface area contributed by atoms with Crippen molar-refractivity contribution in [3.05, 3.63) is 11.6 Å². The zero-order valence-corrected chi connectivity index (χ0v) is 18.3. The third-order valence-corrected chi connectivity index (χ3v) is 8.07. The van der Waals surface area contributed by atoms with Gasteiger partial charge in [0, 0.05) is 11.8 Å². The molecule has 3 rings (SSSR count). The molecule has 0 aromatic heterocycles. The molecule has 4 heteroatoms. The normalized spacial score (nSPS) is 39.0. The van der Waals surface area contributed by atoms with Gasteiger partial charge in [0.15, 0.2) is 0 Å². The van der Waals surface area contributed by atoms with Crippen LogP contribution in [-0.4, -0.2) is 30.4 Å². The molecule has 28 heavy (non-hydrogen) atoms. The molecule has 4 atom stereocenters. The van der Waals surface area contributed by atoms with Crippen molar-refractivity contribution in [2.45, 2.75) is 90.8 Å². The lowest BCUT2D eigenvalue weighted by atomic mass is 9.46. The fraction of sp³-hybridized carbons (Fsp3) is 0.792. The average Bonchev–Trinajstić information content (AvgIpc) is 2.97. The van der Waals surface area contributed by atoms with Crippen LogP contribution in [0.5, 0.6) is 0 Å². The Morgan fingerprint density at radius 3 is 2.75 bits per heavy atom. The highest BCUT2D eigenvalue weighted by Gasteiger charge is 2.64. The molecule has 2 fully saturated rings. The maximum atomic E-state index is 11.7. The summed E-state index contributed by atoms with van der Waals surface area (Å²) in [5, 5.41) is 2.54. The van der Waals surface area contributed by atoms with Crippen LogP contribution in [0.3, 0.4) is 0 Å². The lowest BCUT2D eigenvalue weighted by Gasteiger charge is -2.61. The first-order valence-electron chi connectivity index (χ1n) is 10.8. The first-order chi connectivity index (χ1) is 13.1. The van der Waals surface area contributed by atoms with E-state index in [-0.39, 0.29) is 23.2 Å². The zero-order chi connectivity index (χ0) is 20.6. The molecule has 0 aromatic carbocycles. The SMILES string of the molecule is C#CCNC(=O)OCC[C@]1(C)CC[C@@]2(O1)C(C)=CC[C@H]1C(C)(C)CCC[C@@]12C. The highest BCUT2D eigenvalue weighted by atomic mass is 16.6. The second-order valence-corrected chi connectivity index (χ2v) is 10.3. The third-order valence-electron chi connectivity index (χ3n) is 8.07. The Balaban J connectivity index is 1.74. The summed E-state index contributed by atoms with van der Waals surface area (Å²) in [4.78, 5) is 11.7. The number of alkyl carbamates (subject to hydrolysis) is 1. The van der Waals surface area contributed by atoms with Gasteiger partial charge in [-0.15, -0.1) is 6.42 Å². The number of fused-ring (bicyclic) bond motifs is 2. The molecule has 156 valence electrons. The number of terminal acetylenes is 1. The van der Waals surface area contributed by atoms with Crippen LogP contribution in [0, 0.1) is 29.1 Å². The molecule has 2 aliphatic carbocycles. The second kappa shape index (κ2) is 7.41. The topological polar surface area (TPSA) is 47.6 Å². The Morgan fingerprint density at radius 1 is 1.29 bits per heavy atom. The molecule has 1 aliphatic heterocycles. The second-order valence-electron chi connectivity index (χ2n) is 10.3. The third kappa shape index (κ3) is 3.47. The minimum atomic E-state index is -0.455. The number of hydrogen-bond donors (Lipinski definition) is 1. The molecule has 0 bridgehead atoms.